The summed E-state index contributed by atoms with van der Waals surface area (Å²) in [5, 5.41) is 13.2. The zero-order chi connectivity index (χ0) is 19.7. The van der Waals surface area contributed by atoms with Gasteiger partial charge in [-0.3, -0.25) is 4.98 Å². The second-order valence-corrected chi connectivity index (χ2v) is 5.62. The number of ether oxygens (including phenoxy) is 1. The molecule has 3 heterocycles. The van der Waals surface area contributed by atoms with Gasteiger partial charge in [0.05, 0.1) is 11.4 Å². The molecule has 0 bridgehead atoms. The maximum Gasteiger partial charge on any atom is 0.387 e. The maximum absolute atomic E-state index is 12.3. The molecule has 4 rings (SSSR count). The van der Waals surface area contributed by atoms with Crippen molar-refractivity contribution in [3.8, 4) is 28.3 Å². The van der Waals surface area contributed by atoms with Crippen LogP contribution in [0.15, 0.2) is 54.9 Å². The molecule has 140 valence electrons. The van der Waals surface area contributed by atoms with E-state index in [4.69, 9.17) is 0 Å². The van der Waals surface area contributed by atoms with E-state index in [0.717, 1.165) is 5.56 Å². The van der Waals surface area contributed by atoms with E-state index in [-0.39, 0.29) is 17.4 Å². The molecule has 0 amide bonds. The van der Waals surface area contributed by atoms with E-state index < -0.39 is 12.6 Å². The lowest BCUT2D eigenvalue weighted by molar-refractivity contribution is -0.0498. The van der Waals surface area contributed by atoms with Gasteiger partial charge in [0.2, 0.25) is 0 Å². The summed E-state index contributed by atoms with van der Waals surface area (Å²) >= 11 is 0. The Hall–Kier alpha value is -3.95. The topological polar surface area (TPSA) is 102 Å². The van der Waals surface area contributed by atoms with Crippen LogP contribution in [0.5, 0.6) is 5.75 Å². The van der Waals surface area contributed by atoms with Gasteiger partial charge in [-0.1, -0.05) is 0 Å². The molecule has 0 aliphatic rings. The minimum Gasteiger partial charge on any atom is -0.475 e. The molecule has 3 aromatic heterocycles. The van der Waals surface area contributed by atoms with E-state index in [2.05, 4.69) is 24.8 Å². The highest BCUT2D eigenvalue weighted by Gasteiger charge is 2.17. The number of hydrogen-bond donors (Lipinski definition) is 1. The van der Waals surface area contributed by atoms with Crippen LogP contribution in [-0.2, 0) is 0 Å². The first-order valence-electron chi connectivity index (χ1n) is 7.98. The molecule has 0 spiro atoms. The number of benzene rings is 1. The third kappa shape index (κ3) is 3.34. The lowest BCUT2D eigenvalue weighted by atomic mass is 10.1. The number of aromatic nitrogens is 5. The van der Waals surface area contributed by atoms with Gasteiger partial charge in [0.15, 0.2) is 0 Å². The first-order valence-corrected chi connectivity index (χ1v) is 7.98. The van der Waals surface area contributed by atoms with Gasteiger partial charge < -0.3 is 9.84 Å². The van der Waals surface area contributed by atoms with Crippen LogP contribution in [0.3, 0.4) is 0 Å². The molecule has 4 aromatic rings. The monoisotopic (exact) mass is 383 g/mol. The fraction of sp³-hybridized carbons (Fsp3) is 0.0556. The standard InChI is InChI=1S/C18H11F2N5O3/c19-17(20)28-12-3-1-10(2-4-12)13-9-14(11-5-7-21-8-6-11)25-18(22-13)23-15(24-25)16(26)27/h1-9,17H,(H,26,27). The molecule has 0 radical (unpaired) electrons. The number of pyridine rings is 1. The minimum absolute atomic E-state index is 0.0184. The third-order valence-electron chi connectivity index (χ3n) is 3.85. The van der Waals surface area contributed by atoms with Crippen molar-refractivity contribution in [2.75, 3.05) is 0 Å². The van der Waals surface area contributed by atoms with Crippen LogP contribution in [0.2, 0.25) is 0 Å². The SMILES string of the molecule is O=C(O)c1nc2nc(-c3ccc(OC(F)F)cc3)cc(-c3ccncc3)n2n1. The molecule has 0 fully saturated rings. The molecule has 8 nitrogen and oxygen atoms in total. The first-order chi connectivity index (χ1) is 13.5. The van der Waals surface area contributed by atoms with Gasteiger partial charge in [0, 0.05) is 23.5 Å². The lowest BCUT2D eigenvalue weighted by Crippen LogP contribution is -2.02. The number of rotatable bonds is 5. The van der Waals surface area contributed by atoms with E-state index >= 15 is 0 Å². The Morgan fingerprint density at radius 3 is 2.39 bits per heavy atom. The number of carbonyl (C=O) groups is 1. The van der Waals surface area contributed by atoms with Crippen LogP contribution in [0.1, 0.15) is 10.6 Å². The second kappa shape index (κ2) is 6.99. The summed E-state index contributed by atoms with van der Waals surface area (Å²) in [5.74, 6) is -1.55. The summed E-state index contributed by atoms with van der Waals surface area (Å²) in [6, 6.07) is 11.1. The molecule has 10 heteroatoms. The Morgan fingerprint density at radius 1 is 1.04 bits per heavy atom. The van der Waals surface area contributed by atoms with Crippen LogP contribution in [0, 0.1) is 0 Å². The highest BCUT2D eigenvalue weighted by Crippen LogP contribution is 2.27. The van der Waals surface area contributed by atoms with E-state index in [1.807, 2.05) is 0 Å². The van der Waals surface area contributed by atoms with Crippen LogP contribution in [-0.4, -0.2) is 42.3 Å². The summed E-state index contributed by atoms with van der Waals surface area (Å²) in [7, 11) is 0. The number of alkyl halides is 2. The Balaban J connectivity index is 1.86. The zero-order valence-corrected chi connectivity index (χ0v) is 14.0. The van der Waals surface area contributed by atoms with Gasteiger partial charge in [-0.15, -0.1) is 5.10 Å². The van der Waals surface area contributed by atoms with Crippen LogP contribution < -0.4 is 4.74 Å². The van der Waals surface area contributed by atoms with Crippen molar-refractivity contribution in [1.82, 2.24) is 24.6 Å². The Kier molecular flexibility index (Phi) is 4.36. The molecule has 28 heavy (non-hydrogen) atoms. The van der Waals surface area contributed by atoms with E-state index in [9.17, 15) is 18.7 Å². The molecular weight excluding hydrogens is 372 g/mol. The number of carboxylic acid groups (broad SMARTS) is 1. The third-order valence-corrected chi connectivity index (χ3v) is 3.85. The normalized spacial score (nSPS) is 11.1. The summed E-state index contributed by atoms with van der Waals surface area (Å²) in [6.07, 6.45) is 3.18. The number of fused-ring (bicyclic) bond motifs is 1. The van der Waals surface area contributed by atoms with Gasteiger partial charge in [-0.25, -0.2) is 9.78 Å². The molecule has 0 atom stereocenters. The molecule has 1 aromatic carbocycles. The van der Waals surface area contributed by atoms with Gasteiger partial charge in [0.25, 0.3) is 11.6 Å². The summed E-state index contributed by atoms with van der Waals surface area (Å²) in [5.41, 5.74) is 2.35. The van der Waals surface area contributed by atoms with Crippen molar-refractivity contribution in [3.05, 3.63) is 60.7 Å². The van der Waals surface area contributed by atoms with Crippen molar-refractivity contribution in [2.24, 2.45) is 0 Å². The summed E-state index contributed by atoms with van der Waals surface area (Å²) in [4.78, 5) is 23.5. The molecule has 0 aliphatic carbocycles. The van der Waals surface area contributed by atoms with Crippen LogP contribution in [0.25, 0.3) is 28.3 Å². The van der Waals surface area contributed by atoms with E-state index in [1.165, 1.54) is 16.6 Å². The zero-order valence-electron chi connectivity index (χ0n) is 14.0. The van der Waals surface area contributed by atoms with Gasteiger partial charge >= 0.3 is 12.6 Å². The highest BCUT2D eigenvalue weighted by molar-refractivity contribution is 5.84. The van der Waals surface area contributed by atoms with Gasteiger partial charge in [-0.2, -0.15) is 18.3 Å². The average molecular weight is 383 g/mol. The lowest BCUT2D eigenvalue weighted by Gasteiger charge is -2.08. The fourth-order valence-electron chi connectivity index (χ4n) is 2.64. The van der Waals surface area contributed by atoms with Crippen LogP contribution in [0.4, 0.5) is 8.78 Å². The second-order valence-electron chi connectivity index (χ2n) is 5.62. The summed E-state index contributed by atoms with van der Waals surface area (Å²) < 4.78 is 30.3. The van der Waals surface area contributed by atoms with E-state index in [0.29, 0.717) is 17.0 Å². The quantitative estimate of drug-likeness (QED) is 0.565. The number of nitrogens with zero attached hydrogens (tertiary/aromatic N) is 5. The average Bonchev–Trinajstić information content (AvgIpc) is 3.13. The Morgan fingerprint density at radius 2 is 1.75 bits per heavy atom. The van der Waals surface area contributed by atoms with Crippen molar-refractivity contribution >= 4 is 11.7 Å². The first kappa shape index (κ1) is 17.5. The molecule has 1 N–H and O–H groups in total. The molecular formula is C18H11F2N5O3. The van der Waals surface area contributed by atoms with Crippen molar-refractivity contribution in [1.29, 1.82) is 0 Å². The van der Waals surface area contributed by atoms with Crippen LogP contribution >= 0.6 is 0 Å². The predicted molar refractivity (Wildman–Crippen MR) is 93.0 cm³/mol. The molecule has 0 unspecified atom stereocenters. The predicted octanol–water partition coefficient (Wildman–Crippen LogP) is 3.15. The molecule has 0 aliphatic heterocycles. The Bertz CT molecular complexity index is 1150. The number of hydrogen-bond acceptors (Lipinski definition) is 6. The number of carboxylic acids is 1. The van der Waals surface area contributed by atoms with Crippen molar-refractivity contribution < 1.29 is 23.4 Å². The van der Waals surface area contributed by atoms with E-state index in [1.54, 1.807) is 42.7 Å². The van der Waals surface area contributed by atoms with Gasteiger partial charge in [-0.05, 0) is 42.5 Å². The highest BCUT2D eigenvalue weighted by atomic mass is 19.3. The smallest absolute Gasteiger partial charge is 0.387 e. The molecule has 0 saturated carbocycles. The number of aromatic carboxylic acids is 1. The minimum atomic E-state index is -2.91. The van der Waals surface area contributed by atoms with Crippen molar-refractivity contribution in [2.45, 2.75) is 6.61 Å². The van der Waals surface area contributed by atoms with Crippen molar-refractivity contribution in [3.63, 3.8) is 0 Å². The largest absolute Gasteiger partial charge is 0.475 e. The number of halogens is 2. The molecule has 0 saturated heterocycles. The maximum atomic E-state index is 12.3. The summed E-state index contributed by atoms with van der Waals surface area (Å²) in [6.45, 7) is -2.91. The van der Waals surface area contributed by atoms with Gasteiger partial charge in [0.1, 0.15) is 5.75 Å². The fourth-order valence-corrected chi connectivity index (χ4v) is 2.64. The Labute approximate surface area is 156 Å².